The van der Waals surface area contributed by atoms with Gasteiger partial charge in [-0.2, -0.15) is 27.9 Å². The minimum Gasteiger partial charge on any atom is -0.507 e. The maximum atomic E-state index is 14.4. The second-order valence-electron chi connectivity index (χ2n) is 37.0. The number of phenols is 6. The van der Waals surface area contributed by atoms with Gasteiger partial charge >= 0.3 is 0 Å². The quantitative estimate of drug-likeness (QED) is 0.0125. The maximum Gasteiger partial charge on any atom is 0.200 e. The fourth-order valence-corrected chi connectivity index (χ4v) is 21.1. The first-order chi connectivity index (χ1) is 58.1. The molecule has 124 heavy (non-hydrogen) atoms. The van der Waals surface area contributed by atoms with E-state index in [0.29, 0.717) is 145 Å². The number of anilines is 5. The third-order valence-electron chi connectivity index (χ3n) is 24.8. The maximum absolute atomic E-state index is 14.4. The highest BCUT2D eigenvalue weighted by molar-refractivity contribution is 7.32. The van der Waals surface area contributed by atoms with E-state index in [4.69, 9.17) is 0 Å². The fraction of sp³-hybridized carbons (Fsp3) is 0.407. The number of aromatic nitrogens is 2. The summed E-state index contributed by atoms with van der Waals surface area (Å²) >= 11 is 3.07. The van der Waals surface area contributed by atoms with Crippen molar-refractivity contribution in [1.29, 1.82) is 0 Å². The lowest BCUT2D eigenvalue weighted by molar-refractivity contribution is -1.07. The number of fused-ring (bicyclic) bond motifs is 23. The van der Waals surface area contributed by atoms with E-state index in [2.05, 4.69) is 31.4 Å². The normalized spacial score (nSPS) is 16.1. The van der Waals surface area contributed by atoms with E-state index in [0.717, 1.165) is 96.4 Å². The molecule has 17 rings (SSSR count). The van der Waals surface area contributed by atoms with Crippen molar-refractivity contribution >= 4 is 137 Å². The third-order valence-corrected chi connectivity index (χ3v) is 27.2. The molecule has 4 aliphatic heterocycles. The Kier molecular flexibility index (Phi) is 22.9. The van der Waals surface area contributed by atoms with Gasteiger partial charge in [0.25, 0.3) is 0 Å². The van der Waals surface area contributed by atoms with Crippen LogP contribution in [0.1, 0.15) is 112 Å². The largest absolute Gasteiger partial charge is 0.507 e. The topological polar surface area (TPSA) is 371 Å². The van der Waals surface area contributed by atoms with E-state index >= 15 is 0 Å². The Labute approximate surface area is 724 Å². The first kappa shape index (κ1) is 88.0. The van der Waals surface area contributed by atoms with Gasteiger partial charge in [-0.1, -0.05) is 31.2 Å². The number of ketones is 4. The van der Waals surface area contributed by atoms with Crippen LogP contribution in [0, 0.1) is 0 Å². The van der Waals surface area contributed by atoms with Gasteiger partial charge in [0.15, 0.2) is 10.9 Å². The zero-order chi connectivity index (χ0) is 89.6. The van der Waals surface area contributed by atoms with Crippen molar-refractivity contribution in [2.45, 2.75) is 58.0 Å². The molecular formula is C91H113N13O18S2+6. The molecule has 656 valence electrons. The summed E-state index contributed by atoms with van der Waals surface area (Å²) in [7, 11) is 22.2. The molecule has 0 fully saturated rings. The standard InChI is InChI=1S/C34H32N4O6S2.C29H39N5O6.C28H36N4O6/c1-37(2,43)17-15-35-19-9-5-7-11-23(19)45-33-29(35)27-28(32(42)26-22(40)14-13-21(39)25(26)31(27)41)30-34(33)46-24-12-8-6-10-20(24)36(30)16-18-38(3,4)44;1-17-9-10-31(13-15-33(3,4)39)25-20(17)26-27(32(12-11-30(26)2)14-16-34(5,6)40)24-23(25)28(37)21-18(35)7-8-19(36)22(21)29(24)38;1-31(2,37)15-13-29-11-5-7-17-18-8-6-12-30(14-16-32(3,4)38)26(18)24-23(25(17)29)27(35)21-19(33)9-10-20(34)22(21)28(24)36/h5-14,43-44H,15-18H2,1-4H3;7-8,17,39-40H,9-16H2,1-6H3;9-10,37-38H,5-8,11-16H2,1-4H3/p+6. The molecule has 0 spiro atoms. The number of para-hydroxylation sites is 2. The van der Waals surface area contributed by atoms with Crippen molar-refractivity contribution in [2.24, 2.45) is 0 Å². The van der Waals surface area contributed by atoms with Gasteiger partial charge in [0, 0.05) is 45.3 Å². The van der Waals surface area contributed by atoms with Crippen LogP contribution in [0.3, 0.4) is 0 Å². The predicted molar refractivity (Wildman–Crippen MR) is 478 cm³/mol. The first-order valence-corrected chi connectivity index (χ1v) is 43.5. The summed E-state index contributed by atoms with van der Waals surface area (Å²) in [6.07, 6.45) is 4.10. The molecule has 0 bridgehead atoms. The smallest absolute Gasteiger partial charge is 0.200 e. The Morgan fingerprint density at radius 2 is 0.669 bits per heavy atom. The Morgan fingerprint density at radius 1 is 0.355 bits per heavy atom. The lowest BCUT2D eigenvalue weighted by Gasteiger charge is -2.46. The fourth-order valence-electron chi connectivity index (χ4n) is 18.6. The predicted octanol–water partition coefficient (Wildman–Crippen LogP) is 10.6. The number of nitrogens with zero attached hydrogens (tertiary/aromatic N) is 13. The highest BCUT2D eigenvalue weighted by Crippen LogP contribution is 2.57. The van der Waals surface area contributed by atoms with Gasteiger partial charge in [-0.05, 0) is 110 Å². The van der Waals surface area contributed by atoms with E-state index in [1.807, 2.05) is 64.7 Å². The summed E-state index contributed by atoms with van der Waals surface area (Å²) in [5.41, 5.74) is 8.69. The van der Waals surface area contributed by atoms with Crippen LogP contribution >= 0.6 is 22.7 Å². The summed E-state index contributed by atoms with van der Waals surface area (Å²) in [5.74, 6) is -4.00. The lowest BCUT2D eigenvalue weighted by Crippen LogP contribution is -2.49. The van der Waals surface area contributed by atoms with Crippen LogP contribution in [0.25, 0.3) is 62.4 Å². The molecule has 2 aliphatic carbocycles. The average Bonchev–Trinajstić information content (AvgIpc) is 0.695. The number of hydrogen-bond acceptors (Lipinski definition) is 25. The molecule has 0 saturated heterocycles. The number of carbonyl (C=O) groups excluding carboxylic acids is 4. The van der Waals surface area contributed by atoms with Crippen LogP contribution in [0.15, 0.2) is 94.5 Å². The Balaban J connectivity index is 0.000000145. The summed E-state index contributed by atoms with van der Waals surface area (Å²) in [5, 5.41) is 130. The summed E-state index contributed by atoms with van der Waals surface area (Å²) in [4.78, 5) is 94.1. The molecule has 1 unspecified atom stereocenters. The van der Waals surface area contributed by atoms with Gasteiger partial charge in [-0.3, -0.25) is 28.8 Å². The summed E-state index contributed by atoms with van der Waals surface area (Å²) in [6, 6.07) is 22.9. The molecule has 33 heteroatoms. The molecule has 11 aromatic rings. The van der Waals surface area contributed by atoms with E-state index in [1.165, 1.54) is 46.9 Å². The van der Waals surface area contributed by atoms with E-state index in [9.17, 15) is 90.6 Å². The highest BCUT2D eigenvalue weighted by Gasteiger charge is 2.48. The molecule has 1 atom stereocenters. The van der Waals surface area contributed by atoms with Crippen molar-refractivity contribution in [2.75, 3.05) is 214 Å². The van der Waals surface area contributed by atoms with Gasteiger partial charge in [0.05, 0.1) is 259 Å². The van der Waals surface area contributed by atoms with Crippen LogP contribution in [0.5, 0.6) is 34.5 Å². The monoisotopic (exact) mass is 1740 g/mol. The number of likely N-dealkylation sites (N-methyl/N-ethyl adjacent to an activating group) is 7. The average molecular weight is 1740 g/mol. The molecule has 31 nitrogen and oxygen atoms in total. The van der Waals surface area contributed by atoms with E-state index in [1.54, 1.807) is 84.6 Å². The van der Waals surface area contributed by atoms with Crippen molar-refractivity contribution < 1.29 is 109 Å². The molecule has 0 amide bonds. The molecule has 9 aromatic carbocycles. The van der Waals surface area contributed by atoms with Crippen LogP contribution in [-0.2, 0) is 25.9 Å². The molecule has 6 heterocycles. The number of benzene rings is 9. The molecule has 2 aromatic heterocycles. The lowest BCUT2D eigenvalue weighted by atomic mass is 9.75. The van der Waals surface area contributed by atoms with Crippen molar-refractivity contribution in [1.82, 2.24) is 9.13 Å². The Morgan fingerprint density at radius 3 is 1.02 bits per heavy atom. The Hall–Kier alpha value is -10.9. The second-order valence-corrected chi connectivity index (χ2v) is 39.1. The zero-order valence-electron chi connectivity index (χ0n) is 72.7. The van der Waals surface area contributed by atoms with Crippen LogP contribution in [0.2, 0.25) is 0 Å². The molecule has 0 radical (unpaired) electrons. The van der Waals surface area contributed by atoms with Gasteiger partial charge in [0.2, 0.25) is 23.1 Å². The number of quaternary nitrogens is 6. The van der Waals surface area contributed by atoms with Crippen molar-refractivity contribution in [3.63, 3.8) is 0 Å². The van der Waals surface area contributed by atoms with Gasteiger partial charge < -0.3 is 64.3 Å². The molecule has 6 aliphatic rings. The van der Waals surface area contributed by atoms with Gasteiger partial charge in [-0.25, -0.2) is 31.2 Å². The number of phenolic OH excluding ortho intramolecular Hbond substituents is 6. The van der Waals surface area contributed by atoms with Gasteiger partial charge in [-0.15, -0.1) is 22.7 Å². The summed E-state index contributed by atoms with van der Waals surface area (Å²) < 4.78 is 6.03. The minimum atomic E-state index is -0.574. The molecular weight excluding hydrogens is 1630 g/mol. The third kappa shape index (κ3) is 16.2. The van der Waals surface area contributed by atoms with Crippen LogP contribution in [0.4, 0.5) is 28.4 Å². The zero-order valence-corrected chi connectivity index (χ0v) is 74.3. The SMILES string of the molecule is CC1CCN(CC[N+](C)(C)O)c2c3c(c4c(c21)N(C)CCN4CC[N+](C)(C)O)C(=O)c1c(O)ccc(O)c1C3=O.C[N+](C)(O)CCN1CCCc2c3c(c4c(c21)C(=O)c1c(O)ccc(O)c1C4=O)N(CC[N+](C)(C)O)CCC3.C[N+](C)(O)CCn1c2ccccc2sc2c3sc4ccccc4n(CC[N+](C)(C)O)c3c3c(O)c4c(=O)ccc(=O)c4c(O)c3c21. The van der Waals surface area contributed by atoms with Crippen molar-refractivity contribution in [3.8, 4) is 34.5 Å². The van der Waals surface area contributed by atoms with E-state index < -0.39 is 34.0 Å². The molecule has 12 N–H and O–H groups in total. The highest BCUT2D eigenvalue weighted by atomic mass is 32.1. The number of hydroxylamine groups is 18. The van der Waals surface area contributed by atoms with Crippen molar-refractivity contribution in [3.05, 3.63) is 167 Å². The first-order valence-electron chi connectivity index (χ1n) is 41.9. The van der Waals surface area contributed by atoms with Crippen LogP contribution < -0.4 is 35.4 Å². The van der Waals surface area contributed by atoms with Crippen LogP contribution in [-0.4, -0.2) is 312 Å². The minimum absolute atomic E-state index is 0.0801. The second kappa shape index (κ2) is 32.3. The Bertz CT molecular complexity index is 6050. The van der Waals surface area contributed by atoms with Gasteiger partial charge in [0.1, 0.15) is 73.8 Å². The number of hydrogen-bond donors (Lipinski definition) is 12. The number of carbonyl (C=O) groups is 4. The van der Waals surface area contributed by atoms with E-state index in [-0.39, 0.29) is 134 Å². The summed E-state index contributed by atoms with van der Waals surface area (Å²) in [6.45, 7) is 10.2. The number of rotatable bonds is 18. The number of aromatic hydroxyl groups is 6. The molecule has 0 saturated carbocycles.